The number of carbonyl (C=O) groups is 2. The average Bonchev–Trinajstić information content (AvgIpc) is 2.90. The molecule has 0 spiro atoms. The largest absolute Gasteiger partial charge is 0.479 e. The number of hydrogen-bond donors (Lipinski definition) is 2. The number of carboxylic acids is 1. The lowest BCUT2D eigenvalue weighted by Gasteiger charge is -2.34. The number of carbonyl (C=O) groups excluding carboxylic acids is 1. The van der Waals surface area contributed by atoms with Crippen LogP contribution in [0.5, 0.6) is 0 Å². The molecule has 1 aromatic heterocycles. The van der Waals surface area contributed by atoms with Crippen LogP contribution in [0.25, 0.3) is 0 Å². The highest BCUT2D eigenvalue weighted by Crippen LogP contribution is 2.13. The normalized spacial score (nSPS) is 17.5. The zero-order chi connectivity index (χ0) is 15.4. The number of hydrogen-bond acceptors (Lipinski definition) is 4. The van der Waals surface area contributed by atoms with E-state index in [2.05, 4.69) is 22.2 Å². The van der Waals surface area contributed by atoms with Gasteiger partial charge in [-0.25, -0.2) is 9.59 Å². The van der Waals surface area contributed by atoms with E-state index in [0.29, 0.717) is 18.7 Å². The van der Waals surface area contributed by atoms with Gasteiger partial charge in [-0.15, -0.1) is 0 Å². The topological polar surface area (TPSA) is 90.7 Å². The van der Waals surface area contributed by atoms with Gasteiger partial charge in [-0.1, -0.05) is 6.92 Å². The molecule has 0 bridgehead atoms. The van der Waals surface area contributed by atoms with Crippen LogP contribution in [0, 0.1) is 0 Å². The van der Waals surface area contributed by atoms with Crippen LogP contribution in [0.15, 0.2) is 12.4 Å². The van der Waals surface area contributed by atoms with Gasteiger partial charge in [-0.3, -0.25) is 4.68 Å². The van der Waals surface area contributed by atoms with Crippen molar-refractivity contribution in [1.29, 1.82) is 0 Å². The third kappa shape index (κ3) is 3.72. The van der Waals surface area contributed by atoms with Crippen molar-refractivity contribution in [3.05, 3.63) is 18.0 Å². The van der Waals surface area contributed by atoms with Crippen molar-refractivity contribution in [2.75, 3.05) is 32.7 Å². The summed E-state index contributed by atoms with van der Waals surface area (Å²) in [6, 6.07) is -1.42. The van der Waals surface area contributed by atoms with Gasteiger partial charge in [-0.2, -0.15) is 5.10 Å². The number of rotatable bonds is 4. The summed E-state index contributed by atoms with van der Waals surface area (Å²) in [5.74, 6) is -1.09. The minimum absolute atomic E-state index is 0.345. The highest BCUT2D eigenvalue weighted by atomic mass is 16.4. The first-order valence-corrected chi connectivity index (χ1v) is 7.00. The van der Waals surface area contributed by atoms with Gasteiger partial charge in [-0.05, 0) is 6.54 Å². The fourth-order valence-corrected chi connectivity index (χ4v) is 2.36. The maximum absolute atomic E-state index is 12.2. The summed E-state index contributed by atoms with van der Waals surface area (Å²) in [5.41, 5.74) is 0.463. The van der Waals surface area contributed by atoms with Gasteiger partial charge >= 0.3 is 12.0 Å². The van der Waals surface area contributed by atoms with Crippen molar-refractivity contribution in [3.63, 3.8) is 0 Å². The van der Waals surface area contributed by atoms with Crippen molar-refractivity contribution in [3.8, 4) is 0 Å². The Morgan fingerprint density at radius 1 is 1.38 bits per heavy atom. The Kier molecular flexibility index (Phi) is 4.79. The average molecular weight is 295 g/mol. The molecule has 0 aliphatic carbocycles. The van der Waals surface area contributed by atoms with Crippen molar-refractivity contribution < 1.29 is 14.7 Å². The van der Waals surface area contributed by atoms with Crippen LogP contribution in [0.4, 0.5) is 4.79 Å². The molecule has 1 aliphatic heterocycles. The highest BCUT2D eigenvalue weighted by molar-refractivity contribution is 5.83. The molecule has 0 aromatic carbocycles. The smallest absolute Gasteiger partial charge is 0.331 e. The van der Waals surface area contributed by atoms with Crippen LogP contribution in [0.3, 0.4) is 0 Å². The number of amides is 2. The number of nitrogens with zero attached hydrogens (tertiary/aromatic N) is 4. The fraction of sp³-hybridized carbons (Fsp3) is 0.615. The van der Waals surface area contributed by atoms with Gasteiger partial charge < -0.3 is 20.2 Å². The molecular weight excluding hydrogens is 274 g/mol. The van der Waals surface area contributed by atoms with Crippen LogP contribution >= 0.6 is 0 Å². The molecule has 1 aromatic rings. The Morgan fingerprint density at radius 2 is 2.05 bits per heavy atom. The van der Waals surface area contributed by atoms with Crippen LogP contribution in [0.2, 0.25) is 0 Å². The second kappa shape index (κ2) is 6.57. The van der Waals surface area contributed by atoms with Gasteiger partial charge in [0, 0.05) is 45.0 Å². The van der Waals surface area contributed by atoms with Crippen molar-refractivity contribution >= 4 is 12.0 Å². The number of aromatic nitrogens is 2. The zero-order valence-electron chi connectivity index (χ0n) is 12.3. The van der Waals surface area contributed by atoms with Crippen LogP contribution in [-0.4, -0.2) is 69.4 Å². The second-order valence-electron chi connectivity index (χ2n) is 5.09. The van der Waals surface area contributed by atoms with Crippen LogP contribution in [0.1, 0.15) is 18.5 Å². The van der Waals surface area contributed by atoms with E-state index in [9.17, 15) is 14.7 Å². The number of aryl methyl sites for hydroxylation is 1. The lowest BCUT2D eigenvalue weighted by atomic mass is 10.1. The molecule has 8 heteroatoms. The molecule has 1 saturated heterocycles. The van der Waals surface area contributed by atoms with E-state index < -0.39 is 12.0 Å². The van der Waals surface area contributed by atoms with Gasteiger partial charge in [0.15, 0.2) is 6.04 Å². The van der Waals surface area contributed by atoms with E-state index >= 15 is 0 Å². The minimum Gasteiger partial charge on any atom is -0.479 e. The lowest BCUT2D eigenvalue weighted by Crippen LogP contribution is -2.52. The van der Waals surface area contributed by atoms with Gasteiger partial charge in [0.05, 0.1) is 6.20 Å². The van der Waals surface area contributed by atoms with Crippen LogP contribution in [-0.2, 0) is 11.8 Å². The van der Waals surface area contributed by atoms with Gasteiger partial charge in [0.25, 0.3) is 0 Å². The van der Waals surface area contributed by atoms with Crippen LogP contribution < -0.4 is 5.32 Å². The maximum atomic E-state index is 12.2. The fourth-order valence-electron chi connectivity index (χ4n) is 2.36. The van der Waals surface area contributed by atoms with Crippen molar-refractivity contribution in [1.82, 2.24) is 24.9 Å². The third-order valence-corrected chi connectivity index (χ3v) is 3.68. The number of aliphatic carboxylic acids is 1. The van der Waals surface area contributed by atoms with E-state index in [1.807, 2.05) is 0 Å². The Bertz CT molecular complexity index is 508. The monoisotopic (exact) mass is 295 g/mol. The molecule has 1 fully saturated rings. The molecule has 2 heterocycles. The Morgan fingerprint density at radius 3 is 2.52 bits per heavy atom. The summed E-state index contributed by atoms with van der Waals surface area (Å²) in [7, 11) is 1.70. The molecule has 116 valence electrons. The molecular formula is C13H21N5O3. The molecule has 0 saturated carbocycles. The predicted octanol–water partition coefficient (Wildman–Crippen LogP) is -0.107. The summed E-state index contributed by atoms with van der Waals surface area (Å²) in [5, 5.41) is 15.8. The third-order valence-electron chi connectivity index (χ3n) is 3.68. The van der Waals surface area contributed by atoms with E-state index in [1.165, 1.54) is 10.9 Å². The van der Waals surface area contributed by atoms with Crippen molar-refractivity contribution in [2.24, 2.45) is 7.05 Å². The molecule has 8 nitrogen and oxygen atoms in total. The van der Waals surface area contributed by atoms with Gasteiger partial charge in [0.2, 0.25) is 0 Å². The number of urea groups is 1. The summed E-state index contributed by atoms with van der Waals surface area (Å²) >= 11 is 0. The van der Waals surface area contributed by atoms with Gasteiger partial charge in [0.1, 0.15) is 0 Å². The molecule has 2 amide bonds. The predicted molar refractivity (Wildman–Crippen MR) is 75.8 cm³/mol. The Labute approximate surface area is 123 Å². The first kappa shape index (κ1) is 15.3. The minimum atomic E-state index is -1.09. The first-order chi connectivity index (χ1) is 10.0. The molecule has 1 unspecified atom stereocenters. The molecule has 0 radical (unpaired) electrons. The number of likely N-dealkylation sites (N-methyl/N-ethyl adjacent to an activating group) is 1. The second-order valence-corrected chi connectivity index (χ2v) is 5.09. The lowest BCUT2D eigenvalue weighted by molar-refractivity contribution is -0.139. The summed E-state index contributed by atoms with van der Waals surface area (Å²) in [4.78, 5) is 27.4. The Hall–Kier alpha value is -2.09. The molecule has 1 aliphatic rings. The number of carboxylic acid groups (broad SMARTS) is 1. The zero-order valence-corrected chi connectivity index (χ0v) is 12.3. The van der Waals surface area contributed by atoms with E-state index in [-0.39, 0.29) is 6.03 Å². The summed E-state index contributed by atoms with van der Waals surface area (Å²) in [6.45, 7) is 5.89. The first-order valence-electron chi connectivity index (χ1n) is 7.00. The standard InChI is InChI=1S/C13H21N5O3/c1-3-17-4-6-18(7-5-17)13(21)15-11(12(19)20)10-8-14-16(2)9-10/h8-9,11H,3-7H2,1-2H3,(H,15,21)(H,19,20). The Balaban J connectivity index is 1.98. The quantitative estimate of drug-likeness (QED) is 0.809. The molecule has 21 heavy (non-hydrogen) atoms. The molecule has 1 atom stereocenters. The van der Waals surface area contributed by atoms with E-state index in [4.69, 9.17) is 0 Å². The highest BCUT2D eigenvalue weighted by Gasteiger charge is 2.27. The summed E-state index contributed by atoms with van der Waals surface area (Å²) in [6.07, 6.45) is 3.04. The van der Waals surface area contributed by atoms with Crippen molar-refractivity contribution in [2.45, 2.75) is 13.0 Å². The SMILES string of the molecule is CCN1CCN(C(=O)NC(C(=O)O)c2cnn(C)c2)CC1. The molecule has 2 rings (SSSR count). The molecule has 2 N–H and O–H groups in total. The number of piperazine rings is 1. The number of nitrogens with one attached hydrogen (secondary N) is 1. The maximum Gasteiger partial charge on any atom is 0.331 e. The van der Waals surface area contributed by atoms with E-state index in [1.54, 1.807) is 18.1 Å². The summed E-state index contributed by atoms with van der Waals surface area (Å²) < 4.78 is 1.51. The van der Waals surface area contributed by atoms with E-state index in [0.717, 1.165) is 19.6 Å².